The van der Waals surface area contributed by atoms with Gasteiger partial charge in [0.2, 0.25) is 0 Å². The first-order valence-corrected chi connectivity index (χ1v) is 7.30. The van der Waals surface area contributed by atoms with Crippen molar-refractivity contribution in [1.29, 1.82) is 0 Å². The molecule has 0 bridgehead atoms. The molecule has 1 heterocycles. The minimum atomic E-state index is 0.782. The van der Waals surface area contributed by atoms with Crippen molar-refractivity contribution < 1.29 is 0 Å². The average Bonchev–Trinajstić information content (AvgIpc) is 2.56. The van der Waals surface area contributed by atoms with Gasteiger partial charge in [0.15, 0.2) is 0 Å². The predicted octanol–water partition coefficient (Wildman–Crippen LogP) is 2.54. The molecule has 1 aliphatic heterocycles. The first kappa shape index (κ1) is 12.4. The van der Waals surface area contributed by atoms with E-state index >= 15 is 0 Å². The van der Waals surface area contributed by atoms with Crippen LogP contribution in [0.3, 0.4) is 0 Å². The summed E-state index contributed by atoms with van der Waals surface area (Å²) in [4.78, 5) is 0. The van der Waals surface area contributed by atoms with Crippen LogP contribution in [0.5, 0.6) is 0 Å². The van der Waals surface area contributed by atoms with Crippen LogP contribution in [0.2, 0.25) is 0 Å². The highest BCUT2D eigenvalue weighted by Crippen LogP contribution is 2.29. The van der Waals surface area contributed by atoms with E-state index in [9.17, 15) is 0 Å². The highest BCUT2D eigenvalue weighted by Gasteiger charge is 2.22. The maximum absolute atomic E-state index is 3.82. The van der Waals surface area contributed by atoms with Crippen molar-refractivity contribution in [3.63, 3.8) is 0 Å². The van der Waals surface area contributed by atoms with Crippen molar-refractivity contribution >= 4 is 0 Å². The third-order valence-electron chi connectivity index (χ3n) is 4.53. The topological polar surface area (TPSA) is 24.1 Å². The molecule has 0 amide bonds. The van der Waals surface area contributed by atoms with Crippen LogP contribution in [-0.4, -0.2) is 25.7 Å². The molecular formula is C14H28N2. The quantitative estimate of drug-likeness (QED) is 0.770. The fourth-order valence-electron chi connectivity index (χ4n) is 3.24. The number of rotatable bonds is 3. The molecule has 2 N–H and O–H groups in total. The molecule has 3 atom stereocenters. The van der Waals surface area contributed by atoms with Crippen LogP contribution < -0.4 is 10.6 Å². The smallest absolute Gasteiger partial charge is 0.00797 e. The van der Waals surface area contributed by atoms with E-state index in [4.69, 9.17) is 0 Å². The minimum absolute atomic E-state index is 0.782. The third kappa shape index (κ3) is 3.74. The van der Waals surface area contributed by atoms with Crippen LogP contribution in [0, 0.1) is 11.8 Å². The molecule has 2 rings (SSSR count). The van der Waals surface area contributed by atoms with Crippen molar-refractivity contribution in [3.05, 3.63) is 0 Å². The highest BCUT2D eigenvalue weighted by atomic mass is 14.9. The molecule has 3 unspecified atom stereocenters. The molecule has 2 aliphatic rings. The molecule has 1 aliphatic carbocycles. The van der Waals surface area contributed by atoms with Gasteiger partial charge in [0.25, 0.3) is 0 Å². The Bertz CT molecular complexity index is 185. The lowest BCUT2D eigenvalue weighted by Gasteiger charge is -2.30. The Balaban J connectivity index is 1.68. The summed E-state index contributed by atoms with van der Waals surface area (Å²) in [5, 5.41) is 7.31. The van der Waals surface area contributed by atoms with E-state index in [1.807, 2.05) is 0 Å². The van der Waals surface area contributed by atoms with Gasteiger partial charge in [-0.2, -0.15) is 0 Å². The zero-order valence-corrected chi connectivity index (χ0v) is 10.8. The van der Waals surface area contributed by atoms with E-state index in [1.165, 1.54) is 64.6 Å². The molecule has 1 saturated carbocycles. The van der Waals surface area contributed by atoms with Gasteiger partial charge in [0.05, 0.1) is 0 Å². The number of hydrogen-bond acceptors (Lipinski definition) is 2. The molecule has 2 heteroatoms. The normalized spacial score (nSPS) is 36.9. The molecule has 94 valence electrons. The van der Waals surface area contributed by atoms with E-state index in [1.54, 1.807) is 0 Å². The van der Waals surface area contributed by atoms with Crippen LogP contribution in [0.4, 0.5) is 0 Å². The molecule has 0 aromatic heterocycles. The number of hydrogen-bond donors (Lipinski definition) is 2. The van der Waals surface area contributed by atoms with E-state index in [0.29, 0.717) is 0 Å². The SMILES string of the molecule is CC1CCCCC1CNC1CCCNCC1. The van der Waals surface area contributed by atoms with Crippen molar-refractivity contribution in [2.75, 3.05) is 19.6 Å². The second-order valence-corrected chi connectivity index (χ2v) is 5.81. The van der Waals surface area contributed by atoms with E-state index in [0.717, 1.165) is 17.9 Å². The fourth-order valence-corrected chi connectivity index (χ4v) is 3.24. The number of nitrogens with one attached hydrogen (secondary N) is 2. The third-order valence-corrected chi connectivity index (χ3v) is 4.53. The summed E-state index contributed by atoms with van der Waals surface area (Å²) in [6.45, 7) is 6.14. The lowest BCUT2D eigenvalue weighted by atomic mass is 9.80. The van der Waals surface area contributed by atoms with Gasteiger partial charge in [-0.05, 0) is 57.2 Å². The maximum Gasteiger partial charge on any atom is 0.00797 e. The highest BCUT2D eigenvalue weighted by molar-refractivity contribution is 4.78. The minimum Gasteiger partial charge on any atom is -0.317 e. The van der Waals surface area contributed by atoms with Crippen molar-refractivity contribution in [2.45, 2.75) is 57.9 Å². The largest absolute Gasteiger partial charge is 0.317 e. The molecule has 0 radical (unpaired) electrons. The summed E-state index contributed by atoms with van der Waals surface area (Å²) in [5.74, 6) is 1.90. The molecule has 2 nitrogen and oxygen atoms in total. The second kappa shape index (κ2) is 6.61. The Morgan fingerprint density at radius 3 is 2.75 bits per heavy atom. The second-order valence-electron chi connectivity index (χ2n) is 5.81. The van der Waals surface area contributed by atoms with Crippen LogP contribution in [0.1, 0.15) is 51.9 Å². The van der Waals surface area contributed by atoms with Gasteiger partial charge in [-0.15, -0.1) is 0 Å². The first-order chi connectivity index (χ1) is 7.86. The van der Waals surface area contributed by atoms with Crippen LogP contribution >= 0.6 is 0 Å². The lowest BCUT2D eigenvalue weighted by molar-refractivity contribution is 0.238. The molecule has 1 saturated heterocycles. The zero-order chi connectivity index (χ0) is 11.2. The van der Waals surface area contributed by atoms with Gasteiger partial charge in [-0.25, -0.2) is 0 Å². The van der Waals surface area contributed by atoms with E-state index < -0.39 is 0 Å². The van der Waals surface area contributed by atoms with Crippen LogP contribution in [0.15, 0.2) is 0 Å². The Morgan fingerprint density at radius 2 is 1.88 bits per heavy atom. The molecule has 16 heavy (non-hydrogen) atoms. The molecule has 2 fully saturated rings. The maximum atomic E-state index is 3.82. The Morgan fingerprint density at radius 1 is 1.00 bits per heavy atom. The summed E-state index contributed by atoms with van der Waals surface area (Å²) >= 11 is 0. The van der Waals surface area contributed by atoms with Gasteiger partial charge in [-0.1, -0.05) is 26.2 Å². The molecular weight excluding hydrogens is 196 g/mol. The van der Waals surface area contributed by atoms with Crippen molar-refractivity contribution in [3.8, 4) is 0 Å². The standard InChI is InChI=1S/C14H28N2/c1-12-5-2-3-6-13(12)11-16-14-7-4-9-15-10-8-14/h12-16H,2-11H2,1H3. The fraction of sp³-hybridized carbons (Fsp3) is 1.00. The predicted molar refractivity (Wildman–Crippen MR) is 69.6 cm³/mol. The lowest BCUT2D eigenvalue weighted by Crippen LogP contribution is -2.36. The summed E-state index contributed by atoms with van der Waals surface area (Å²) in [6, 6.07) is 0.782. The summed E-state index contributed by atoms with van der Waals surface area (Å²) < 4.78 is 0. The van der Waals surface area contributed by atoms with Gasteiger partial charge in [-0.3, -0.25) is 0 Å². The van der Waals surface area contributed by atoms with Crippen LogP contribution in [-0.2, 0) is 0 Å². The van der Waals surface area contributed by atoms with Gasteiger partial charge in [0.1, 0.15) is 0 Å². The Kier molecular flexibility index (Phi) is 5.11. The van der Waals surface area contributed by atoms with Gasteiger partial charge >= 0.3 is 0 Å². The Hall–Kier alpha value is -0.0800. The molecule has 0 aromatic rings. The van der Waals surface area contributed by atoms with Gasteiger partial charge < -0.3 is 10.6 Å². The average molecular weight is 224 g/mol. The first-order valence-electron chi connectivity index (χ1n) is 7.30. The summed E-state index contributed by atoms with van der Waals surface area (Å²) in [5.41, 5.74) is 0. The molecule has 0 aromatic carbocycles. The summed E-state index contributed by atoms with van der Waals surface area (Å²) in [6.07, 6.45) is 9.87. The van der Waals surface area contributed by atoms with Crippen molar-refractivity contribution in [2.24, 2.45) is 11.8 Å². The Labute approximate surface area is 101 Å². The van der Waals surface area contributed by atoms with E-state index in [-0.39, 0.29) is 0 Å². The van der Waals surface area contributed by atoms with Crippen LogP contribution in [0.25, 0.3) is 0 Å². The molecule has 0 spiro atoms. The monoisotopic (exact) mass is 224 g/mol. The zero-order valence-electron chi connectivity index (χ0n) is 10.8. The summed E-state index contributed by atoms with van der Waals surface area (Å²) in [7, 11) is 0. The van der Waals surface area contributed by atoms with Gasteiger partial charge in [0, 0.05) is 6.04 Å². The van der Waals surface area contributed by atoms with E-state index in [2.05, 4.69) is 17.6 Å². The van der Waals surface area contributed by atoms with Crippen molar-refractivity contribution in [1.82, 2.24) is 10.6 Å².